The van der Waals surface area contributed by atoms with Crippen LogP contribution in [0.4, 0.5) is 8.78 Å². The van der Waals surface area contributed by atoms with Gasteiger partial charge in [0.15, 0.2) is 11.6 Å². The first-order valence-corrected chi connectivity index (χ1v) is 7.19. The summed E-state index contributed by atoms with van der Waals surface area (Å²) in [4.78, 5) is 0. The number of aryl methyl sites for hydroxylation is 2. The maximum Gasteiger partial charge on any atom is 0.159 e. The molecule has 1 heterocycles. The van der Waals surface area contributed by atoms with E-state index in [1.807, 2.05) is 14.0 Å². The summed E-state index contributed by atoms with van der Waals surface area (Å²) in [5.41, 5.74) is 8.47. The van der Waals surface area contributed by atoms with Gasteiger partial charge < -0.3 is 5.73 Å². The summed E-state index contributed by atoms with van der Waals surface area (Å²) in [6.45, 7) is 1.99. The molecule has 0 aliphatic rings. The number of hydrogen-bond acceptors (Lipinski definition) is 2. The van der Waals surface area contributed by atoms with E-state index in [2.05, 4.69) is 5.10 Å². The molecule has 3 nitrogen and oxygen atoms in total. The Morgan fingerprint density at radius 1 is 1.29 bits per heavy atom. The van der Waals surface area contributed by atoms with E-state index in [-0.39, 0.29) is 6.04 Å². The van der Waals surface area contributed by atoms with Gasteiger partial charge in [0.25, 0.3) is 0 Å². The van der Waals surface area contributed by atoms with Gasteiger partial charge >= 0.3 is 0 Å². The molecule has 2 rings (SSSR count). The molecule has 0 radical (unpaired) electrons. The van der Waals surface area contributed by atoms with E-state index in [0.717, 1.165) is 23.9 Å². The van der Waals surface area contributed by atoms with Gasteiger partial charge in [-0.15, -0.1) is 0 Å². The largest absolute Gasteiger partial charge is 0.327 e. The van der Waals surface area contributed by atoms with Crippen molar-refractivity contribution < 1.29 is 8.78 Å². The molecule has 21 heavy (non-hydrogen) atoms. The van der Waals surface area contributed by atoms with Gasteiger partial charge in [-0.25, -0.2) is 8.78 Å². The van der Waals surface area contributed by atoms with Crippen LogP contribution in [0.25, 0.3) is 0 Å². The number of rotatable bonds is 5. The highest BCUT2D eigenvalue weighted by Crippen LogP contribution is 2.22. The Kier molecular flexibility index (Phi) is 4.96. The molecule has 2 aromatic rings. The predicted octanol–water partition coefficient (Wildman–Crippen LogP) is 3.03. The van der Waals surface area contributed by atoms with Gasteiger partial charge in [0.2, 0.25) is 0 Å². The summed E-state index contributed by atoms with van der Waals surface area (Å²) >= 11 is 6.27. The fraction of sp³-hybridized carbons (Fsp3) is 0.400. The van der Waals surface area contributed by atoms with Crippen LogP contribution in [0.3, 0.4) is 0 Å². The van der Waals surface area contributed by atoms with Gasteiger partial charge in [-0.2, -0.15) is 5.10 Å². The third-order valence-electron chi connectivity index (χ3n) is 3.44. The van der Waals surface area contributed by atoms with E-state index < -0.39 is 11.6 Å². The third kappa shape index (κ3) is 3.60. The second-order valence-electron chi connectivity index (χ2n) is 5.10. The molecule has 0 saturated heterocycles. The Balaban J connectivity index is 2.09. The highest BCUT2D eigenvalue weighted by molar-refractivity contribution is 6.31. The molecule has 0 amide bonds. The Morgan fingerprint density at radius 3 is 2.57 bits per heavy atom. The highest BCUT2D eigenvalue weighted by atomic mass is 35.5. The van der Waals surface area contributed by atoms with E-state index >= 15 is 0 Å². The number of nitrogens with zero attached hydrogens (tertiary/aromatic N) is 2. The molecule has 114 valence electrons. The summed E-state index contributed by atoms with van der Waals surface area (Å²) in [5, 5.41) is 4.97. The van der Waals surface area contributed by atoms with E-state index in [0.29, 0.717) is 23.4 Å². The first-order valence-electron chi connectivity index (χ1n) is 6.82. The SMILES string of the molecule is CCc1nn(C)c(CC(N)Cc2ccc(F)c(F)c2)c1Cl. The highest BCUT2D eigenvalue weighted by Gasteiger charge is 2.16. The standard InChI is InChI=1S/C15H18ClF2N3/c1-3-13-15(16)14(21(2)20-13)8-10(19)6-9-4-5-11(17)12(18)7-9/h4-5,7,10H,3,6,8,19H2,1-2H3. The molecule has 1 aromatic heterocycles. The van der Waals surface area contributed by atoms with Gasteiger partial charge in [0, 0.05) is 19.5 Å². The van der Waals surface area contributed by atoms with Crippen LogP contribution >= 0.6 is 11.6 Å². The van der Waals surface area contributed by atoms with Gasteiger partial charge in [0.1, 0.15) is 0 Å². The lowest BCUT2D eigenvalue weighted by Crippen LogP contribution is -2.26. The predicted molar refractivity (Wildman–Crippen MR) is 79.3 cm³/mol. The lowest BCUT2D eigenvalue weighted by molar-refractivity contribution is 0.505. The zero-order chi connectivity index (χ0) is 15.6. The topological polar surface area (TPSA) is 43.8 Å². The Morgan fingerprint density at radius 2 is 2.00 bits per heavy atom. The Labute approximate surface area is 127 Å². The molecule has 1 aromatic carbocycles. The summed E-state index contributed by atoms with van der Waals surface area (Å²) in [6.07, 6.45) is 1.73. The molecule has 0 spiro atoms. The molecule has 6 heteroatoms. The normalized spacial score (nSPS) is 12.7. The molecular weight excluding hydrogens is 296 g/mol. The van der Waals surface area contributed by atoms with Crippen molar-refractivity contribution in [1.29, 1.82) is 0 Å². The van der Waals surface area contributed by atoms with Crippen LogP contribution in [0.2, 0.25) is 5.02 Å². The summed E-state index contributed by atoms with van der Waals surface area (Å²) in [6, 6.07) is 3.59. The first-order chi connectivity index (χ1) is 9.92. The van der Waals surface area contributed by atoms with Crippen molar-refractivity contribution >= 4 is 11.6 Å². The number of aromatic nitrogens is 2. The molecule has 1 atom stereocenters. The Hall–Kier alpha value is -1.46. The zero-order valence-corrected chi connectivity index (χ0v) is 12.8. The van der Waals surface area contributed by atoms with Crippen LogP contribution in [0.5, 0.6) is 0 Å². The van der Waals surface area contributed by atoms with Gasteiger partial charge in [-0.3, -0.25) is 4.68 Å². The minimum Gasteiger partial charge on any atom is -0.327 e. The average molecular weight is 314 g/mol. The van der Waals surface area contributed by atoms with E-state index in [4.69, 9.17) is 17.3 Å². The van der Waals surface area contributed by atoms with Crippen molar-refractivity contribution in [3.63, 3.8) is 0 Å². The second-order valence-corrected chi connectivity index (χ2v) is 5.48. The zero-order valence-electron chi connectivity index (χ0n) is 12.0. The minimum atomic E-state index is -0.855. The number of hydrogen-bond donors (Lipinski definition) is 1. The maximum atomic E-state index is 13.2. The first kappa shape index (κ1) is 15.9. The van der Waals surface area contributed by atoms with Crippen LogP contribution in [-0.4, -0.2) is 15.8 Å². The van der Waals surface area contributed by atoms with Crippen LogP contribution in [0.1, 0.15) is 23.9 Å². The fourth-order valence-corrected chi connectivity index (χ4v) is 2.70. The number of nitrogens with two attached hydrogens (primary N) is 1. The molecule has 0 bridgehead atoms. The molecule has 2 N–H and O–H groups in total. The van der Waals surface area contributed by atoms with Gasteiger partial charge in [-0.1, -0.05) is 24.6 Å². The molecule has 0 fully saturated rings. The minimum absolute atomic E-state index is 0.243. The van der Waals surface area contributed by atoms with Crippen molar-refractivity contribution in [1.82, 2.24) is 9.78 Å². The average Bonchev–Trinajstić information content (AvgIpc) is 2.70. The van der Waals surface area contributed by atoms with Crippen molar-refractivity contribution in [3.05, 3.63) is 51.8 Å². The van der Waals surface area contributed by atoms with Crippen LogP contribution in [-0.2, 0) is 26.3 Å². The van der Waals surface area contributed by atoms with Gasteiger partial charge in [0.05, 0.1) is 16.4 Å². The van der Waals surface area contributed by atoms with Crippen LogP contribution < -0.4 is 5.73 Å². The van der Waals surface area contributed by atoms with Crippen molar-refractivity contribution in [2.45, 2.75) is 32.2 Å². The lowest BCUT2D eigenvalue weighted by Gasteiger charge is -2.12. The number of benzene rings is 1. The van der Waals surface area contributed by atoms with E-state index in [1.165, 1.54) is 6.07 Å². The van der Waals surface area contributed by atoms with Crippen molar-refractivity contribution in [2.75, 3.05) is 0 Å². The second kappa shape index (κ2) is 6.54. The third-order valence-corrected chi connectivity index (χ3v) is 3.88. The summed E-state index contributed by atoms with van der Waals surface area (Å²) < 4.78 is 27.8. The smallest absolute Gasteiger partial charge is 0.159 e. The van der Waals surface area contributed by atoms with Gasteiger partial charge in [-0.05, 0) is 30.5 Å². The molecule has 0 saturated carbocycles. The maximum absolute atomic E-state index is 13.2. The van der Waals surface area contributed by atoms with E-state index in [1.54, 1.807) is 10.7 Å². The molecule has 0 aliphatic heterocycles. The van der Waals surface area contributed by atoms with Crippen molar-refractivity contribution in [3.8, 4) is 0 Å². The Bertz CT molecular complexity index is 640. The summed E-state index contributed by atoms with van der Waals surface area (Å²) in [7, 11) is 1.82. The molecule has 1 unspecified atom stereocenters. The monoisotopic (exact) mass is 313 g/mol. The fourth-order valence-electron chi connectivity index (χ4n) is 2.33. The molecular formula is C15H18ClF2N3. The van der Waals surface area contributed by atoms with Crippen LogP contribution in [0, 0.1) is 11.6 Å². The quantitative estimate of drug-likeness (QED) is 0.922. The molecule has 0 aliphatic carbocycles. The van der Waals surface area contributed by atoms with E-state index in [9.17, 15) is 8.78 Å². The van der Waals surface area contributed by atoms with Crippen molar-refractivity contribution in [2.24, 2.45) is 12.8 Å². The van der Waals surface area contributed by atoms with Crippen LogP contribution in [0.15, 0.2) is 18.2 Å². The number of halogens is 3. The summed E-state index contributed by atoms with van der Waals surface area (Å²) in [5.74, 6) is -1.71. The lowest BCUT2D eigenvalue weighted by atomic mass is 10.0.